The molecule has 1 aromatic rings. The average molecular weight is 272 g/mol. The van der Waals surface area contributed by atoms with Crippen molar-refractivity contribution in [3.05, 3.63) is 21.7 Å². The third kappa shape index (κ3) is 1.84. The van der Waals surface area contributed by atoms with E-state index >= 15 is 0 Å². The standard InChI is InChI=1S/C11H14BrNO2/c1-6-10(12)8(7(2)13)5-9-11(6)15-4-3-14-9/h5,7H,3-4,13H2,1-2H3. The molecule has 2 N–H and O–H groups in total. The molecular weight excluding hydrogens is 258 g/mol. The molecule has 1 aromatic carbocycles. The van der Waals surface area contributed by atoms with Gasteiger partial charge >= 0.3 is 0 Å². The van der Waals surface area contributed by atoms with Crippen LogP contribution in [0.3, 0.4) is 0 Å². The summed E-state index contributed by atoms with van der Waals surface area (Å²) in [7, 11) is 0. The van der Waals surface area contributed by atoms with Crippen LogP contribution in [0.2, 0.25) is 0 Å². The van der Waals surface area contributed by atoms with Gasteiger partial charge in [-0.15, -0.1) is 0 Å². The van der Waals surface area contributed by atoms with Crippen molar-refractivity contribution in [2.75, 3.05) is 13.2 Å². The minimum Gasteiger partial charge on any atom is -0.486 e. The molecule has 1 aliphatic heterocycles. The van der Waals surface area contributed by atoms with Gasteiger partial charge in [-0.2, -0.15) is 0 Å². The van der Waals surface area contributed by atoms with Crippen LogP contribution in [0.5, 0.6) is 11.5 Å². The zero-order chi connectivity index (χ0) is 11.0. The Balaban J connectivity index is 2.57. The summed E-state index contributed by atoms with van der Waals surface area (Å²) in [6.07, 6.45) is 0. The zero-order valence-corrected chi connectivity index (χ0v) is 10.4. The Morgan fingerprint density at radius 2 is 2.07 bits per heavy atom. The monoisotopic (exact) mass is 271 g/mol. The fraction of sp³-hybridized carbons (Fsp3) is 0.455. The van der Waals surface area contributed by atoms with Crippen LogP contribution in [-0.4, -0.2) is 13.2 Å². The highest BCUT2D eigenvalue weighted by atomic mass is 79.9. The third-order valence-electron chi connectivity index (χ3n) is 2.51. The lowest BCUT2D eigenvalue weighted by Gasteiger charge is -2.23. The quantitative estimate of drug-likeness (QED) is 0.854. The van der Waals surface area contributed by atoms with E-state index in [2.05, 4.69) is 15.9 Å². The summed E-state index contributed by atoms with van der Waals surface area (Å²) in [4.78, 5) is 0. The lowest BCUT2D eigenvalue weighted by Crippen LogP contribution is -2.17. The lowest BCUT2D eigenvalue weighted by atomic mass is 10.0. The number of fused-ring (bicyclic) bond motifs is 1. The summed E-state index contributed by atoms with van der Waals surface area (Å²) in [6, 6.07) is 1.94. The molecular formula is C11H14BrNO2. The van der Waals surface area contributed by atoms with Crippen LogP contribution < -0.4 is 15.2 Å². The van der Waals surface area contributed by atoms with Gasteiger partial charge in [0.25, 0.3) is 0 Å². The molecule has 1 atom stereocenters. The maximum atomic E-state index is 5.89. The fourth-order valence-corrected chi connectivity index (χ4v) is 2.34. The third-order valence-corrected chi connectivity index (χ3v) is 3.56. The molecule has 0 saturated heterocycles. The molecule has 1 aliphatic rings. The average Bonchev–Trinajstić information content (AvgIpc) is 2.23. The van der Waals surface area contributed by atoms with E-state index < -0.39 is 0 Å². The maximum absolute atomic E-state index is 5.89. The second-order valence-corrected chi connectivity index (χ2v) is 4.51. The van der Waals surface area contributed by atoms with Gasteiger partial charge in [0.1, 0.15) is 13.2 Å². The summed E-state index contributed by atoms with van der Waals surface area (Å²) >= 11 is 3.54. The lowest BCUT2D eigenvalue weighted by molar-refractivity contribution is 0.170. The molecule has 0 amide bonds. The van der Waals surface area contributed by atoms with Crippen LogP contribution in [0.1, 0.15) is 24.1 Å². The van der Waals surface area contributed by atoms with E-state index in [1.807, 2.05) is 19.9 Å². The Morgan fingerprint density at radius 3 is 2.73 bits per heavy atom. The topological polar surface area (TPSA) is 44.5 Å². The molecule has 0 aliphatic carbocycles. The summed E-state index contributed by atoms with van der Waals surface area (Å²) < 4.78 is 12.1. The van der Waals surface area contributed by atoms with Crippen LogP contribution in [0, 0.1) is 6.92 Å². The Bertz CT molecular complexity index is 391. The molecule has 4 heteroatoms. The van der Waals surface area contributed by atoms with Crippen molar-refractivity contribution in [3.8, 4) is 11.5 Å². The Morgan fingerprint density at radius 1 is 1.40 bits per heavy atom. The predicted molar refractivity (Wildman–Crippen MR) is 62.5 cm³/mol. The number of rotatable bonds is 1. The van der Waals surface area contributed by atoms with Gasteiger partial charge in [0.05, 0.1) is 0 Å². The molecule has 0 aromatic heterocycles. The van der Waals surface area contributed by atoms with Crippen LogP contribution in [0.15, 0.2) is 10.5 Å². The molecule has 0 spiro atoms. The number of ether oxygens (including phenoxy) is 2. The normalized spacial score (nSPS) is 16.3. The van der Waals surface area contributed by atoms with E-state index in [0.29, 0.717) is 13.2 Å². The Hall–Kier alpha value is -0.740. The van der Waals surface area contributed by atoms with Crippen molar-refractivity contribution in [2.45, 2.75) is 19.9 Å². The van der Waals surface area contributed by atoms with Gasteiger partial charge in [0.2, 0.25) is 0 Å². The van der Waals surface area contributed by atoms with E-state index in [0.717, 1.165) is 27.1 Å². The first-order chi connectivity index (χ1) is 7.11. The van der Waals surface area contributed by atoms with E-state index in [-0.39, 0.29) is 6.04 Å². The molecule has 0 fully saturated rings. The molecule has 3 nitrogen and oxygen atoms in total. The molecule has 0 radical (unpaired) electrons. The van der Waals surface area contributed by atoms with Gasteiger partial charge < -0.3 is 15.2 Å². The van der Waals surface area contributed by atoms with Crippen molar-refractivity contribution in [1.29, 1.82) is 0 Å². The van der Waals surface area contributed by atoms with Crippen molar-refractivity contribution in [3.63, 3.8) is 0 Å². The zero-order valence-electron chi connectivity index (χ0n) is 8.84. The van der Waals surface area contributed by atoms with Crippen molar-refractivity contribution >= 4 is 15.9 Å². The van der Waals surface area contributed by atoms with Gasteiger partial charge in [-0.3, -0.25) is 0 Å². The predicted octanol–water partition coefficient (Wildman–Crippen LogP) is 2.55. The number of nitrogens with two attached hydrogens (primary N) is 1. The summed E-state index contributed by atoms with van der Waals surface area (Å²) in [5.41, 5.74) is 8.00. The van der Waals surface area contributed by atoms with E-state index in [9.17, 15) is 0 Å². The second-order valence-electron chi connectivity index (χ2n) is 3.72. The first kappa shape index (κ1) is 10.8. The van der Waals surface area contributed by atoms with Crippen molar-refractivity contribution in [2.24, 2.45) is 5.73 Å². The van der Waals surface area contributed by atoms with Gasteiger partial charge in [0.15, 0.2) is 11.5 Å². The largest absolute Gasteiger partial charge is 0.486 e. The van der Waals surface area contributed by atoms with E-state index in [1.54, 1.807) is 0 Å². The summed E-state index contributed by atoms with van der Waals surface area (Å²) in [5, 5.41) is 0. The van der Waals surface area contributed by atoms with E-state index in [4.69, 9.17) is 15.2 Å². The molecule has 82 valence electrons. The van der Waals surface area contributed by atoms with Crippen LogP contribution in [0.25, 0.3) is 0 Å². The highest BCUT2D eigenvalue weighted by Gasteiger charge is 2.20. The minimum atomic E-state index is -0.0195. The Kier molecular flexibility index (Phi) is 2.89. The summed E-state index contributed by atoms with van der Waals surface area (Å²) in [5.74, 6) is 1.63. The van der Waals surface area contributed by atoms with E-state index in [1.165, 1.54) is 0 Å². The molecule has 0 saturated carbocycles. The maximum Gasteiger partial charge on any atom is 0.165 e. The number of hydrogen-bond acceptors (Lipinski definition) is 3. The molecule has 1 heterocycles. The smallest absolute Gasteiger partial charge is 0.165 e. The number of halogens is 1. The molecule has 15 heavy (non-hydrogen) atoms. The van der Waals surface area contributed by atoms with Gasteiger partial charge in [-0.05, 0) is 25.5 Å². The number of benzene rings is 1. The highest BCUT2D eigenvalue weighted by molar-refractivity contribution is 9.10. The van der Waals surface area contributed by atoms with Crippen molar-refractivity contribution < 1.29 is 9.47 Å². The fourth-order valence-electron chi connectivity index (χ4n) is 1.68. The minimum absolute atomic E-state index is 0.0195. The Labute approximate surface area is 97.7 Å². The van der Waals surface area contributed by atoms with Crippen molar-refractivity contribution in [1.82, 2.24) is 0 Å². The first-order valence-electron chi connectivity index (χ1n) is 4.95. The van der Waals surface area contributed by atoms with Gasteiger partial charge in [0, 0.05) is 16.1 Å². The molecule has 0 bridgehead atoms. The highest BCUT2D eigenvalue weighted by Crippen LogP contribution is 2.41. The van der Waals surface area contributed by atoms with Gasteiger partial charge in [-0.25, -0.2) is 0 Å². The second kappa shape index (κ2) is 4.02. The van der Waals surface area contributed by atoms with Crippen LogP contribution >= 0.6 is 15.9 Å². The van der Waals surface area contributed by atoms with Crippen LogP contribution in [0.4, 0.5) is 0 Å². The number of hydrogen-bond donors (Lipinski definition) is 1. The SMILES string of the molecule is Cc1c(Br)c(C(C)N)cc2c1OCCO2. The summed E-state index contributed by atoms with van der Waals surface area (Å²) in [6.45, 7) is 5.17. The van der Waals surface area contributed by atoms with Gasteiger partial charge in [-0.1, -0.05) is 15.9 Å². The molecule has 2 rings (SSSR count). The first-order valence-corrected chi connectivity index (χ1v) is 5.74. The van der Waals surface area contributed by atoms with Crippen LogP contribution in [-0.2, 0) is 0 Å². The molecule has 1 unspecified atom stereocenters.